The van der Waals surface area contributed by atoms with Gasteiger partial charge in [-0.2, -0.15) is 0 Å². The van der Waals surface area contributed by atoms with Gasteiger partial charge in [0.15, 0.2) is 0 Å². The standard InChI is InChI=1S/C31H45N7O2/c39-31(23-37-20-28-18-33-24-34-30(28)22-37)38-10-2-4-27(21-38)26-3-1-5-29(17-26)40-16-15-35-11-13-36(14-12-35)19-25-6-8-32-9-7-25/h1,3,5,17-18,24-25,27,32H,2,4,6-16,19-23H2/t27-/m0/s1. The van der Waals surface area contributed by atoms with Crippen LogP contribution in [0.4, 0.5) is 0 Å². The molecule has 0 bridgehead atoms. The third-order valence-corrected chi connectivity index (χ3v) is 9.23. The maximum Gasteiger partial charge on any atom is 0.236 e. The molecule has 1 aromatic heterocycles. The molecule has 4 aliphatic heterocycles. The number of hydrogen-bond acceptors (Lipinski definition) is 8. The van der Waals surface area contributed by atoms with E-state index in [1.807, 2.05) is 6.20 Å². The summed E-state index contributed by atoms with van der Waals surface area (Å²) in [5, 5.41) is 3.48. The van der Waals surface area contributed by atoms with E-state index < -0.39 is 0 Å². The Balaban J connectivity index is 0.929. The molecule has 5 heterocycles. The molecular formula is C31H45N7O2. The Labute approximate surface area is 238 Å². The van der Waals surface area contributed by atoms with Gasteiger partial charge in [0, 0.05) is 83.1 Å². The van der Waals surface area contributed by atoms with Crippen molar-refractivity contribution < 1.29 is 9.53 Å². The first-order valence-corrected chi connectivity index (χ1v) is 15.4. The Hall–Kier alpha value is -2.59. The maximum atomic E-state index is 13.2. The van der Waals surface area contributed by atoms with Gasteiger partial charge in [-0.1, -0.05) is 12.1 Å². The summed E-state index contributed by atoms with van der Waals surface area (Å²) in [5.74, 6) is 2.39. The number of fused-ring (bicyclic) bond motifs is 1. The van der Waals surface area contributed by atoms with E-state index in [4.69, 9.17) is 4.74 Å². The highest BCUT2D eigenvalue weighted by Gasteiger charge is 2.28. The number of aromatic nitrogens is 2. The molecule has 1 aromatic carbocycles. The molecule has 9 heteroatoms. The second-order valence-electron chi connectivity index (χ2n) is 12.1. The molecule has 0 radical (unpaired) electrons. The smallest absolute Gasteiger partial charge is 0.236 e. The van der Waals surface area contributed by atoms with E-state index in [2.05, 4.69) is 59.1 Å². The number of carbonyl (C=O) groups excluding carboxylic acids is 1. The average Bonchev–Trinajstić information content (AvgIpc) is 3.41. The number of likely N-dealkylation sites (tertiary alicyclic amines) is 1. The first kappa shape index (κ1) is 27.6. The molecule has 40 heavy (non-hydrogen) atoms. The van der Waals surface area contributed by atoms with Gasteiger partial charge in [-0.25, -0.2) is 9.97 Å². The normalized spacial score (nSPS) is 23.3. The topological polar surface area (TPSA) is 77.1 Å². The molecule has 216 valence electrons. The second kappa shape index (κ2) is 13.4. The van der Waals surface area contributed by atoms with Gasteiger partial charge in [0.2, 0.25) is 5.91 Å². The Morgan fingerprint density at radius 1 is 1.00 bits per heavy atom. The number of nitrogens with zero attached hydrogens (tertiary/aromatic N) is 6. The molecule has 1 N–H and O–H groups in total. The van der Waals surface area contributed by atoms with Crippen LogP contribution in [-0.4, -0.2) is 114 Å². The molecule has 0 saturated carbocycles. The van der Waals surface area contributed by atoms with Crippen LogP contribution >= 0.6 is 0 Å². The summed E-state index contributed by atoms with van der Waals surface area (Å²) in [6.45, 7) is 13.5. The summed E-state index contributed by atoms with van der Waals surface area (Å²) in [5.41, 5.74) is 3.47. The first-order chi connectivity index (χ1) is 19.7. The number of ether oxygens (including phenoxy) is 1. The number of benzene rings is 1. The molecule has 3 saturated heterocycles. The van der Waals surface area contributed by atoms with Crippen molar-refractivity contribution >= 4 is 5.91 Å². The lowest BCUT2D eigenvalue weighted by molar-refractivity contribution is -0.133. The number of piperazine rings is 1. The summed E-state index contributed by atoms with van der Waals surface area (Å²) in [6.07, 6.45) is 8.26. The SMILES string of the molecule is O=C(CN1Cc2cncnc2C1)N1CCC[C@H](c2cccc(OCCN3CCN(CC4CCNCC4)CC3)c2)C1. The zero-order valence-corrected chi connectivity index (χ0v) is 23.8. The van der Waals surface area contributed by atoms with Gasteiger partial charge in [-0.05, 0) is 62.4 Å². The summed E-state index contributed by atoms with van der Waals surface area (Å²) in [7, 11) is 0. The van der Waals surface area contributed by atoms with E-state index in [-0.39, 0.29) is 5.91 Å². The van der Waals surface area contributed by atoms with Crippen molar-refractivity contribution in [2.24, 2.45) is 5.92 Å². The quantitative estimate of drug-likeness (QED) is 0.512. The minimum absolute atomic E-state index is 0.216. The van der Waals surface area contributed by atoms with Crippen LogP contribution in [0.3, 0.4) is 0 Å². The number of carbonyl (C=O) groups is 1. The van der Waals surface area contributed by atoms with Crippen molar-refractivity contribution in [3.8, 4) is 5.75 Å². The fourth-order valence-corrected chi connectivity index (χ4v) is 6.82. The molecule has 2 aromatic rings. The highest BCUT2D eigenvalue weighted by Crippen LogP contribution is 2.30. The molecule has 0 unspecified atom stereocenters. The predicted molar refractivity (Wildman–Crippen MR) is 155 cm³/mol. The molecule has 9 nitrogen and oxygen atoms in total. The van der Waals surface area contributed by atoms with Gasteiger partial charge in [0.1, 0.15) is 18.7 Å². The van der Waals surface area contributed by atoms with Crippen LogP contribution in [0.25, 0.3) is 0 Å². The van der Waals surface area contributed by atoms with Crippen LogP contribution in [0.15, 0.2) is 36.8 Å². The maximum absolute atomic E-state index is 13.2. The van der Waals surface area contributed by atoms with Crippen molar-refractivity contribution in [2.75, 3.05) is 78.6 Å². The van der Waals surface area contributed by atoms with Gasteiger partial charge >= 0.3 is 0 Å². The zero-order valence-electron chi connectivity index (χ0n) is 23.8. The summed E-state index contributed by atoms with van der Waals surface area (Å²) in [6, 6.07) is 8.57. The third kappa shape index (κ3) is 7.18. The molecular weight excluding hydrogens is 502 g/mol. The summed E-state index contributed by atoms with van der Waals surface area (Å²) >= 11 is 0. The molecule has 4 aliphatic rings. The first-order valence-electron chi connectivity index (χ1n) is 15.4. The minimum Gasteiger partial charge on any atom is -0.492 e. The lowest BCUT2D eigenvalue weighted by atomic mass is 9.90. The van der Waals surface area contributed by atoms with Crippen molar-refractivity contribution in [1.82, 2.24) is 34.9 Å². The Kier molecular flexibility index (Phi) is 9.22. The number of piperidine rings is 2. The predicted octanol–water partition coefficient (Wildman–Crippen LogP) is 2.19. The van der Waals surface area contributed by atoms with E-state index in [0.29, 0.717) is 12.5 Å². The van der Waals surface area contributed by atoms with Crippen LogP contribution < -0.4 is 10.1 Å². The minimum atomic E-state index is 0.216. The molecule has 0 spiro atoms. The number of amides is 1. The van der Waals surface area contributed by atoms with E-state index in [1.165, 1.54) is 51.1 Å². The molecule has 1 amide bonds. The monoisotopic (exact) mass is 547 g/mol. The molecule has 1 atom stereocenters. The van der Waals surface area contributed by atoms with Gasteiger partial charge in [0.25, 0.3) is 0 Å². The third-order valence-electron chi connectivity index (χ3n) is 9.23. The van der Waals surface area contributed by atoms with E-state index in [0.717, 1.165) is 88.2 Å². The largest absolute Gasteiger partial charge is 0.492 e. The van der Waals surface area contributed by atoms with E-state index in [1.54, 1.807) is 6.33 Å². The lowest BCUT2D eigenvalue weighted by Crippen LogP contribution is -2.49. The number of hydrogen-bond donors (Lipinski definition) is 1. The van der Waals surface area contributed by atoms with Crippen LogP contribution in [0.1, 0.15) is 48.4 Å². The summed E-state index contributed by atoms with van der Waals surface area (Å²) < 4.78 is 6.22. The highest BCUT2D eigenvalue weighted by atomic mass is 16.5. The van der Waals surface area contributed by atoms with Crippen LogP contribution in [-0.2, 0) is 17.9 Å². The molecule has 6 rings (SSSR count). The zero-order chi connectivity index (χ0) is 27.1. The molecule has 0 aliphatic carbocycles. The van der Waals surface area contributed by atoms with Crippen LogP contribution in [0.5, 0.6) is 5.75 Å². The van der Waals surface area contributed by atoms with Crippen molar-refractivity contribution in [1.29, 1.82) is 0 Å². The lowest BCUT2D eigenvalue weighted by Gasteiger charge is -2.37. The summed E-state index contributed by atoms with van der Waals surface area (Å²) in [4.78, 5) is 31.1. The second-order valence-corrected chi connectivity index (χ2v) is 12.1. The van der Waals surface area contributed by atoms with Crippen molar-refractivity contribution in [3.05, 3.63) is 53.6 Å². The fourth-order valence-electron chi connectivity index (χ4n) is 6.82. The Bertz CT molecular complexity index is 1090. The van der Waals surface area contributed by atoms with E-state index >= 15 is 0 Å². The highest BCUT2D eigenvalue weighted by molar-refractivity contribution is 5.78. The van der Waals surface area contributed by atoms with Gasteiger partial charge in [0.05, 0.1) is 12.2 Å². The van der Waals surface area contributed by atoms with Crippen LogP contribution in [0.2, 0.25) is 0 Å². The fraction of sp³-hybridized carbons (Fsp3) is 0.645. The van der Waals surface area contributed by atoms with Gasteiger partial charge in [-0.3, -0.25) is 14.6 Å². The van der Waals surface area contributed by atoms with Crippen molar-refractivity contribution in [3.63, 3.8) is 0 Å². The Morgan fingerprint density at radius 3 is 2.70 bits per heavy atom. The van der Waals surface area contributed by atoms with Gasteiger partial charge in [-0.15, -0.1) is 0 Å². The average molecular weight is 548 g/mol. The van der Waals surface area contributed by atoms with E-state index in [9.17, 15) is 4.79 Å². The van der Waals surface area contributed by atoms with Crippen LogP contribution in [0, 0.1) is 5.92 Å². The number of rotatable bonds is 9. The van der Waals surface area contributed by atoms with Gasteiger partial charge < -0.3 is 19.9 Å². The molecule has 3 fully saturated rings. The van der Waals surface area contributed by atoms with Crippen molar-refractivity contribution in [2.45, 2.75) is 44.7 Å². The Morgan fingerprint density at radius 2 is 1.85 bits per heavy atom. The number of nitrogens with one attached hydrogen (secondary N) is 1.